The Morgan fingerprint density at radius 1 is 1.12 bits per heavy atom. The number of carbonyl (C=O) groups is 2. The van der Waals surface area contributed by atoms with E-state index in [1.165, 1.54) is 26.4 Å². The van der Waals surface area contributed by atoms with Crippen molar-refractivity contribution in [2.75, 3.05) is 33.3 Å². The third kappa shape index (κ3) is 6.21. The van der Waals surface area contributed by atoms with Crippen LogP contribution in [0.1, 0.15) is 51.9 Å². The minimum atomic E-state index is -0.131. The van der Waals surface area contributed by atoms with Crippen LogP contribution < -0.4 is 10.6 Å². The van der Waals surface area contributed by atoms with Crippen molar-refractivity contribution in [3.63, 3.8) is 0 Å². The zero-order chi connectivity index (χ0) is 18.1. The quantitative estimate of drug-likeness (QED) is 0.442. The number of hydrogen-bond donors (Lipinski definition) is 2. The molecule has 7 heteroatoms. The summed E-state index contributed by atoms with van der Waals surface area (Å²) in [5, 5.41) is 6.34. The predicted octanol–water partition coefficient (Wildman–Crippen LogP) is 1.29. The van der Waals surface area contributed by atoms with E-state index in [0.717, 1.165) is 51.3 Å². The number of nitrogens with zero attached hydrogens (tertiary/aromatic N) is 2. The predicted molar refractivity (Wildman–Crippen MR) is 97.3 cm³/mol. The number of piperidine rings is 1. The van der Waals surface area contributed by atoms with Crippen molar-refractivity contribution in [1.82, 2.24) is 15.5 Å². The van der Waals surface area contributed by atoms with Crippen molar-refractivity contribution in [2.24, 2.45) is 10.9 Å². The highest BCUT2D eigenvalue weighted by atomic mass is 16.5. The Morgan fingerprint density at radius 2 is 1.80 bits per heavy atom. The fourth-order valence-electron chi connectivity index (χ4n) is 3.59. The second-order valence-electron chi connectivity index (χ2n) is 6.86. The number of likely N-dealkylation sites (tertiary alicyclic amines) is 1. The second kappa shape index (κ2) is 10.3. The number of methoxy groups -OCH3 is 1. The molecular formula is C18H32N4O3. The molecule has 1 amide bonds. The number of amides is 1. The molecule has 25 heavy (non-hydrogen) atoms. The van der Waals surface area contributed by atoms with Crippen LogP contribution in [0, 0.1) is 5.92 Å². The molecule has 1 aliphatic carbocycles. The van der Waals surface area contributed by atoms with Crippen LogP contribution >= 0.6 is 0 Å². The van der Waals surface area contributed by atoms with E-state index in [2.05, 4.69) is 20.5 Å². The molecule has 0 spiro atoms. The van der Waals surface area contributed by atoms with Crippen LogP contribution in [0.25, 0.3) is 0 Å². The maximum absolute atomic E-state index is 12.2. The summed E-state index contributed by atoms with van der Waals surface area (Å²) in [6.45, 7) is 4.40. The number of nitrogens with one attached hydrogen (secondary N) is 2. The summed E-state index contributed by atoms with van der Waals surface area (Å²) in [6.07, 6.45) is 7.35. The van der Waals surface area contributed by atoms with Crippen LogP contribution in [0.3, 0.4) is 0 Å². The zero-order valence-corrected chi connectivity index (χ0v) is 15.6. The summed E-state index contributed by atoms with van der Waals surface area (Å²) in [6, 6.07) is 0.315. The normalized spacial score (nSPS) is 20.2. The van der Waals surface area contributed by atoms with E-state index in [9.17, 15) is 9.59 Å². The lowest BCUT2D eigenvalue weighted by Crippen LogP contribution is -2.47. The molecule has 2 fully saturated rings. The summed E-state index contributed by atoms with van der Waals surface area (Å²) < 4.78 is 4.83. The molecule has 0 bridgehead atoms. The van der Waals surface area contributed by atoms with Gasteiger partial charge >= 0.3 is 5.97 Å². The largest absolute Gasteiger partial charge is 0.469 e. The summed E-state index contributed by atoms with van der Waals surface area (Å²) >= 11 is 0. The first kappa shape index (κ1) is 19.5. The smallest absolute Gasteiger partial charge is 0.308 e. The van der Waals surface area contributed by atoms with Crippen molar-refractivity contribution in [2.45, 2.75) is 57.9 Å². The van der Waals surface area contributed by atoms with Crippen LogP contribution in [-0.4, -0.2) is 62.1 Å². The Labute approximate surface area is 150 Å². The molecule has 0 aromatic rings. The molecule has 1 heterocycles. The van der Waals surface area contributed by atoms with E-state index >= 15 is 0 Å². The van der Waals surface area contributed by atoms with Gasteiger partial charge in [0.1, 0.15) is 6.54 Å². The lowest BCUT2D eigenvalue weighted by atomic mass is 9.95. The fourth-order valence-corrected chi connectivity index (χ4v) is 3.59. The topological polar surface area (TPSA) is 83.0 Å². The highest BCUT2D eigenvalue weighted by Crippen LogP contribution is 2.19. The maximum atomic E-state index is 12.2. The van der Waals surface area contributed by atoms with Gasteiger partial charge in [-0.15, -0.1) is 0 Å². The first-order valence-electron chi connectivity index (χ1n) is 9.54. The maximum Gasteiger partial charge on any atom is 0.308 e. The van der Waals surface area contributed by atoms with Gasteiger partial charge in [-0.05, 0) is 32.6 Å². The third-order valence-corrected chi connectivity index (χ3v) is 5.01. The Hall–Kier alpha value is -1.79. The molecule has 1 aliphatic heterocycles. The van der Waals surface area contributed by atoms with Crippen molar-refractivity contribution in [3.05, 3.63) is 0 Å². The van der Waals surface area contributed by atoms with Gasteiger partial charge in [0.25, 0.3) is 0 Å². The Morgan fingerprint density at radius 3 is 2.40 bits per heavy atom. The molecule has 0 aromatic heterocycles. The van der Waals surface area contributed by atoms with Gasteiger partial charge < -0.3 is 20.3 Å². The van der Waals surface area contributed by atoms with Crippen molar-refractivity contribution in [3.8, 4) is 0 Å². The monoisotopic (exact) mass is 352 g/mol. The third-order valence-electron chi connectivity index (χ3n) is 5.01. The van der Waals surface area contributed by atoms with Gasteiger partial charge in [-0.1, -0.05) is 19.3 Å². The average Bonchev–Trinajstić information content (AvgIpc) is 2.65. The average molecular weight is 352 g/mol. The zero-order valence-electron chi connectivity index (χ0n) is 15.6. The number of aliphatic imine (C=N–C) groups is 1. The highest BCUT2D eigenvalue weighted by Gasteiger charge is 2.27. The van der Waals surface area contributed by atoms with E-state index < -0.39 is 0 Å². The molecule has 2 aliphatic rings. The van der Waals surface area contributed by atoms with E-state index in [-0.39, 0.29) is 24.3 Å². The number of ether oxygens (including phenoxy) is 1. The minimum absolute atomic E-state index is 0.00764. The molecule has 0 atom stereocenters. The molecule has 142 valence electrons. The van der Waals surface area contributed by atoms with Crippen molar-refractivity contribution < 1.29 is 14.3 Å². The fraction of sp³-hybridized carbons (Fsp3) is 0.833. The second-order valence-corrected chi connectivity index (χ2v) is 6.86. The molecule has 2 rings (SSSR count). The molecule has 0 aromatic carbocycles. The van der Waals surface area contributed by atoms with Crippen LogP contribution in [0.2, 0.25) is 0 Å². The van der Waals surface area contributed by atoms with Gasteiger partial charge in [0.15, 0.2) is 5.96 Å². The highest BCUT2D eigenvalue weighted by molar-refractivity contribution is 5.85. The number of guanidine groups is 1. The van der Waals surface area contributed by atoms with Gasteiger partial charge in [0.2, 0.25) is 5.91 Å². The molecule has 7 nitrogen and oxygen atoms in total. The van der Waals surface area contributed by atoms with E-state index in [1.807, 2.05) is 6.92 Å². The van der Waals surface area contributed by atoms with E-state index in [1.54, 1.807) is 0 Å². The van der Waals surface area contributed by atoms with Crippen LogP contribution in [-0.2, 0) is 14.3 Å². The van der Waals surface area contributed by atoms with Gasteiger partial charge in [-0.25, -0.2) is 4.99 Å². The van der Waals surface area contributed by atoms with Crippen LogP contribution in [0.5, 0.6) is 0 Å². The van der Waals surface area contributed by atoms with E-state index in [4.69, 9.17) is 4.74 Å². The Kier molecular flexibility index (Phi) is 8.01. The molecule has 0 unspecified atom stereocenters. The summed E-state index contributed by atoms with van der Waals surface area (Å²) in [5.74, 6) is 0.587. The number of carbonyl (C=O) groups excluding carboxylic acids is 2. The van der Waals surface area contributed by atoms with Gasteiger partial charge in [0, 0.05) is 25.7 Å². The van der Waals surface area contributed by atoms with E-state index in [0.29, 0.717) is 6.04 Å². The Bertz CT molecular complexity index is 467. The summed E-state index contributed by atoms with van der Waals surface area (Å²) in [5.41, 5.74) is 0. The first-order valence-corrected chi connectivity index (χ1v) is 9.54. The number of hydrogen-bond acceptors (Lipinski definition) is 4. The summed E-state index contributed by atoms with van der Waals surface area (Å²) in [7, 11) is 1.44. The lowest BCUT2D eigenvalue weighted by molar-refractivity contribution is -0.146. The van der Waals surface area contributed by atoms with Crippen LogP contribution in [0.15, 0.2) is 4.99 Å². The molecule has 1 saturated carbocycles. The summed E-state index contributed by atoms with van der Waals surface area (Å²) in [4.78, 5) is 30.4. The lowest BCUT2D eigenvalue weighted by Gasteiger charge is -2.33. The minimum Gasteiger partial charge on any atom is -0.469 e. The molecule has 0 radical (unpaired) electrons. The Balaban J connectivity index is 1.83. The van der Waals surface area contributed by atoms with Crippen LogP contribution in [0.4, 0.5) is 0 Å². The first-order chi connectivity index (χ1) is 12.1. The molecular weight excluding hydrogens is 320 g/mol. The molecule has 2 N–H and O–H groups in total. The van der Waals surface area contributed by atoms with Crippen molar-refractivity contribution in [1.29, 1.82) is 0 Å². The van der Waals surface area contributed by atoms with Crippen molar-refractivity contribution >= 4 is 17.8 Å². The van der Waals surface area contributed by atoms with Gasteiger partial charge in [-0.3, -0.25) is 9.59 Å². The number of rotatable bonds is 5. The SMILES string of the molecule is CCNC(=NCC(=O)NC1CCCCC1)N1CCC(C(=O)OC)CC1. The molecule has 1 saturated heterocycles. The number of esters is 1. The van der Waals surface area contributed by atoms with Gasteiger partial charge in [0.05, 0.1) is 13.0 Å². The van der Waals surface area contributed by atoms with Gasteiger partial charge in [-0.2, -0.15) is 0 Å². The standard InChI is InChI=1S/C18H32N4O3/c1-3-19-18(22-11-9-14(10-12-22)17(24)25-2)20-13-16(23)21-15-7-5-4-6-8-15/h14-15H,3-13H2,1-2H3,(H,19,20)(H,21,23).